The van der Waals surface area contributed by atoms with Crippen LogP contribution in [0.2, 0.25) is 0 Å². The summed E-state index contributed by atoms with van der Waals surface area (Å²) in [6.07, 6.45) is 0.938. The molecule has 0 aromatic heterocycles. The van der Waals surface area contributed by atoms with Gasteiger partial charge in [-0.2, -0.15) is 0 Å². The van der Waals surface area contributed by atoms with Gasteiger partial charge in [-0.3, -0.25) is 4.79 Å². The van der Waals surface area contributed by atoms with Crippen molar-refractivity contribution in [3.63, 3.8) is 0 Å². The van der Waals surface area contributed by atoms with E-state index in [1.807, 2.05) is 32.0 Å². The van der Waals surface area contributed by atoms with Crippen molar-refractivity contribution in [2.75, 3.05) is 20.3 Å². The van der Waals surface area contributed by atoms with Gasteiger partial charge in [0.2, 0.25) is 5.91 Å². The van der Waals surface area contributed by atoms with Crippen LogP contribution in [0.15, 0.2) is 36.4 Å². The molecule has 0 fully saturated rings. The Morgan fingerprint density at radius 1 is 1.26 bits per heavy atom. The highest BCUT2D eigenvalue weighted by atomic mass is 19.1. The predicted molar refractivity (Wildman–Crippen MR) is 100 cm³/mol. The van der Waals surface area contributed by atoms with Crippen molar-refractivity contribution in [1.29, 1.82) is 0 Å². The van der Waals surface area contributed by atoms with Crippen molar-refractivity contribution in [2.45, 2.75) is 32.3 Å². The van der Waals surface area contributed by atoms with Crippen molar-refractivity contribution in [2.24, 2.45) is 0 Å². The second kappa shape index (κ2) is 7.86. The lowest BCUT2D eigenvalue weighted by atomic mass is 10.0. The summed E-state index contributed by atoms with van der Waals surface area (Å²) >= 11 is 0. The van der Waals surface area contributed by atoms with Gasteiger partial charge in [0.05, 0.1) is 20.1 Å². The molecule has 1 heterocycles. The first-order valence-electron chi connectivity index (χ1n) is 8.91. The number of hydrogen-bond donors (Lipinski definition) is 1. The minimum absolute atomic E-state index is 0.0962. The molecule has 0 saturated carbocycles. The molecule has 0 aliphatic carbocycles. The number of hydrogen-bond acceptors (Lipinski definition) is 4. The third-order valence-electron chi connectivity index (χ3n) is 4.32. The zero-order valence-corrected chi connectivity index (χ0v) is 15.8. The van der Waals surface area contributed by atoms with Crippen molar-refractivity contribution >= 4 is 5.91 Å². The van der Waals surface area contributed by atoms with Crippen molar-refractivity contribution < 1.29 is 23.4 Å². The lowest BCUT2D eigenvalue weighted by Crippen LogP contribution is -2.29. The fourth-order valence-corrected chi connectivity index (χ4v) is 3.12. The number of methoxy groups -OCH3 is 1. The fraction of sp³-hybridized carbons (Fsp3) is 0.381. The number of ether oxygens (including phenoxy) is 3. The molecule has 27 heavy (non-hydrogen) atoms. The summed E-state index contributed by atoms with van der Waals surface area (Å²) in [6, 6.07) is 10.3. The Labute approximate surface area is 158 Å². The molecule has 1 aliphatic heterocycles. The summed E-state index contributed by atoms with van der Waals surface area (Å²) in [5, 5.41) is 2.77. The van der Waals surface area contributed by atoms with Gasteiger partial charge in [0.1, 0.15) is 12.2 Å². The standard InChI is InChI=1S/C21H24FNO4/c1-21(2)13-15-5-4-6-18(20(15)27-21)26-10-9-23-19(24)12-14-7-8-17(25-3)16(22)11-14/h4-8,11H,9-10,12-13H2,1-3H3,(H,23,24). The Morgan fingerprint density at radius 3 is 2.81 bits per heavy atom. The Kier molecular flexibility index (Phi) is 5.54. The van der Waals surface area contributed by atoms with E-state index in [9.17, 15) is 9.18 Å². The Morgan fingerprint density at radius 2 is 2.07 bits per heavy atom. The zero-order chi connectivity index (χ0) is 19.4. The maximum absolute atomic E-state index is 13.7. The van der Waals surface area contributed by atoms with Crippen LogP contribution >= 0.6 is 0 Å². The molecule has 144 valence electrons. The number of benzene rings is 2. The first-order valence-corrected chi connectivity index (χ1v) is 8.91. The number of carbonyl (C=O) groups excluding carboxylic acids is 1. The van der Waals surface area contributed by atoms with E-state index in [4.69, 9.17) is 14.2 Å². The number of rotatable bonds is 7. The summed E-state index contributed by atoms with van der Waals surface area (Å²) in [5.74, 6) is 0.950. The zero-order valence-electron chi connectivity index (χ0n) is 15.8. The first-order chi connectivity index (χ1) is 12.9. The third-order valence-corrected chi connectivity index (χ3v) is 4.32. The van der Waals surface area contributed by atoms with Crippen LogP contribution in [-0.2, 0) is 17.6 Å². The fourth-order valence-electron chi connectivity index (χ4n) is 3.12. The Hall–Kier alpha value is -2.76. The third kappa shape index (κ3) is 4.70. The molecule has 5 nitrogen and oxygen atoms in total. The topological polar surface area (TPSA) is 56.8 Å². The Balaban J connectivity index is 1.47. The van der Waals surface area contributed by atoms with Crippen molar-refractivity contribution in [3.05, 3.63) is 53.3 Å². The molecule has 0 bridgehead atoms. The highest BCUT2D eigenvalue weighted by Gasteiger charge is 2.32. The van der Waals surface area contributed by atoms with E-state index in [0.717, 1.165) is 17.7 Å². The normalized spacial score (nSPS) is 14.2. The van der Waals surface area contributed by atoms with Gasteiger partial charge < -0.3 is 19.5 Å². The quantitative estimate of drug-likeness (QED) is 0.757. The molecular weight excluding hydrogens is 349 g/mol. The van der Waals surface area contributed by atoms with Crippen LogP contribution < -0.4 is 19.5 Å². The van der Waals surface area contributed by atoms with Gasteiger partial charge in [0, 0.05) is 12.0 Å². The van der Waals surface area contributed by atoms with E-state index in [0.29, 0.717) is 24.5 Å². The summed E-state index contributed by atoms with van der Waals surface area (Å²) in [4.78, 5) is 12.0. The summed E-state index contributed by atoms with van der Waals surface area (Å²) < 4.78 is 30.3. The summed E-state index contributed by atoms with van der Waals surface area (Å²) in [6.45, 7) is 4.76. The molecule has 1 amide bonds. The van der Waals surface area contributed by atoms with Crippen LogP contribution in [0, 0.1) is 5.82 Å². The molecule has 0 radical (unpaired) electrons. The molecule has 6 heteroatoms. The largest absolute Gasteiger partial charge is 0.494 e. The van der Waals surface area contributed by atoms with E-state index in [1.54, 1.807) is 6.07 Å². The van der Waals surface area contributed by atoms with Gasteiger partial charge in [0.15, 0.2) is 23.1 Å². The van der Waals surface area contributed by atoms with Gasteiger partial charge in [-0.25, -0.2) is 4.39 Å². The van der Waals surface area contributed by atoms with E-state index < -0.39 is 5.82 Å². The monoisotopic (exact) mass is 373 g/mol. The van der Waals surface area contributed by atoms with Gasteiger partial charge in [-0.1, -0.05) is 18.2 Å². The molecule has 2 aromatic rings. The maximum Gasteiger partial charge on any atom is 0.224 e. The average molecular weight is 373 g/mol. The number of fused-ring (bicyclic) bond motifs is 1. The van der Waals surface area contributed by atoms with Crippen molar-refractivity contribution in [3.8, 4) is 17.2 Å². The molecule has 3 rings (SSSR count). The number of nitrogens with one attached hydrogen (secondary N) is 1. The lowest BCUT2D eigenvalue weighted by Gasteiger charge is -2.18. The molecule has 0 spiro atoms. The first kappa shape index (κ1) is 19.0. The second-order valence-electron chi connectivity index (χ2n) is 7.13. The van der Waals surface area contributed by atoms with Crippen LogP contribution in [0.1, 0.15) is 25.0 Å². The summed E-state index contributed by atoms with van der Waals surface area (Å²) in [7, 11) is 1.40. The Bertz CT molecular complexity index is 835. The van der Waals surface area contributed by atoms with Gasteiger partial charge >= 0.3 is 0 Å². The van der Waals surface area contributed by atoms with Crippen molar-refractivity contribution in [1.82, 2.24) is 5.32 Å². The minimum Gasteiger partial charge on any atom is -0.494 e. The maximum atomic E-state index is 13.7. The van der Waals surface area contributed by atoms with Crippen LogP contribution in [0.25, 0.3) is 0 Å². The molecule has 1 aliphatic rings. The van der Waals surface area contributed by atoms with Crippen LogP contribution in [-0.4, -0.2) is 31.8 Å². The molecule has 0 atom stereocenters. The average Bonchev–Trinajstić information content (AvgIpc) is 2.93. The van der Waals surface area contributed by atoms with Gasteiger partial charge in [0.25, 0.3) is 0 Å². The van der Waals surface area contributed by atoms with E-state index in [2.05, 4.69) is 5.32 Å². The molecular formula is C21H24FNO4. The van der Waals surface area contributed by atoms with Gasteiger partial charge in [-0.15, -0.1) is 0 Å². The molecule has 0 unspecified atom stereocenters. The lowest BCUT2D eigenvalue weighted by molar-refractivity contribution is -0.120. The highest BCUT2D eigenvalue weighted by molar-refractivity contribution is 5.78. The minimum atomic E-state index is -0.480. The van der Waals surface area contributed by atoms with Crippen LogP contribution in [0.4, 0.5) is 4.39 Å². The number of carbonyl (C=O) groups is 1. The van der Waals surface area contributed by atoms with E-state index in [1.165, 1.54) is 19.2 Å². The van der Waals surface area contributed by atoms with Crippen LogP contribution in [0.5, 0.6) is 17.2 Å². The number of para-hydroxylation sites is 1. The number of halogens is 1. The number of amides is 1. The van der Waals surface area contributed by atoms with Gasteiger partial charge in [-0.05, 0) is 37.6 Å². The van der Waals surface area contributed by atoms with E-state index >= 15 is 0 Å². The second-order valence-corrected chi connectivity index (χ2v) is 7.13. The van der Waals surface area contributed by atoms with E-state index in [-0.39, 0.29) is 23.7 Å². The molecule has 1 N–H and O–H groups in total. The SMILES string of the molecule is COc1ccc(CC(=O)NCCOc2cccc3c2OC(C)(C)C3)cc1F. The predicted octanol–water partition coefficient (Wildman–Crippen LogP) is 3.29. The van der Waals surface area contributed by atoms with Crippen LogP contribution in [0.3, 0.4) is 0 Å². The summed E-state index contributed by atoms with van der Waals surface area (Å²) in [5.41, 5.74) is 1.48. The highest BCUT2D eigenvalue weighted by Crippen LogP contribution is 2.41. The molecule has 2 aromatic carbocycles. The molecule has 0 saturated heterocycles. The smallest absolute Gasteiger partial charge is 0.224 e.